The Hall–Kier alpha value is -0.900. The highest BCUT2D eigenvalue weighted by molar-refractivity contribution is 5.27. The number of rotatable bonds is 3. The van der Waals surface area contributed by atoms with E-state index in [2.05, 4.69) is 0 Å². The predicted octanol–water partition coefficient (Wildman–Crippen LogP) is 0.816. The van der Waals surface area contributed by atoms with E-state index in [0.717, 1.165) is 0 Å². The predicted molar refractivity (Wildman–Crippen MR) is 44.3 cm³/mol. The van der Waals surface area contributed by atoms with Gasteiger partial charge in [0.1, 0.15) is 0 Å². The second-order valence-electron chi connectivity index (χ2n) is 2.44. The van der Waals surface area contributed by atoms with Crippen LogP contribution in [0.5, 0.6) is 0 Å². The van der Waals surface area contributed by atoms with E-state index in [0.29, 0.717) is 11.1 Å². The van der Waals surface area contributed by atoms with Crippen LogP contribution < -0.4 is 0 Å². The number of benzene rings is 1. The maximum absolute atomic E-state index is 9.31. The van der Waals surface area contributed by atoms with E-state index in [-0.39, 0.29) is 6.61 Å². The Morgan fingerprint density at radius 2 is 2.08 bits per heavy atom. The van der Waals surface area contributed by atoms with Crippen molar-refractivity contribution >= 4 is 0 Å². The van der Waals surface area contributed by atoms with Gasteiger partial charge in [-0.2, -0.15) is 0 Å². The second kappa shape index (κ2) is 4.21. The van der Waals surface area contributed by atoms with Gasteiger partial charge in [0.2, 0.25) is 0 Å². The summed E-state index contributed by atoms with van der Waals surface area (Å²) in [5, 5.41) is 18.2. The van der Waals surface area contributed by atoms with Crippen LogP contribution in [0.1, 0.15) is 17.4 Å². The molecule has 0 aliphatic carbocycles. The van der Waals surface area contributed by atoms with E-state index < -0.39 is 6.29 Å². The van der Waals surface area contributed by atoms with E-state index in [1.807, 2.05) is 0 Å². The molecule has 0 aliphatic rings. The van der Waals surface area contributed by atoms with Gasteiger partial charge in [0, 0.05) is 12.7 Å². The van der Waals surface area contributed by atoms with Crippen molar-refractivity contribution in [3.8, 4) is 0 Å². The van der Waals surface area contributed by atoms with Gasteiger partial charge < -0.3 is 14.9 Å². The van der Waals surface area contributed by atoms with Crippen LogP contribution in [-0.2, 0) is 11.3 Å². The van der Waals surface area contributed by atoms with Gasteiger partial charge in [-0.05, 0) is 5.56 Å². The third kappa shape index (κ3) is 1.82. The summed E-state index contributed by atoms with van der Waals surface area (Å²) in [7, 11) is 1.42. The molecule has 1 aromatic rings. The summed E-state index contributed by atoms with van der Waals surface area (Å²) in [4.78, 5) is 0. The fourth-order valence-corrected chi connectivity index (χ4v) is 1.05. The van der Waals surface area contributed by atoms with Crippen LogP contribution in [0.4, 0.5) is 0 Å². The monoisotopic (exact) mass is 168 g/mol. The van der Waals surface area contributed by atoms with Gasteiger partial charge in [0.15, 0.2) is 6.29 Å². The molecule has 66 valence electrons. The van der Waals surface area contributed by atoms with Crippen molar-refractivity contribution in [2.45, 2.75) is 12.9 Å². The Balaban J connectivity index is 2.96. The summed E-state index contributed by atoms with van der Waals surface area (Å²) in [6.07, 6.45) is -0.951. The minimum atomic E-state index is -0.951. The minimum Gasteiger partial charge on any atom is -0.392 e. The zero-order valence-corrected chi connectivity index (χ0v) is 6.90. The first kappa shape index (κ1) is 9.19. The lowest BCUT2D eigenvalue weighted by atomic mass is 10.1. The Morgan fingerprint density at radius 1 is 1.42 bits per heavy atom. The second-order valence-corrected chi connectivity index (χ2v) is 2.44. The molecule has 0 spiro atoms. The van der Waals surface area contributed by atoms with Crippen molar-refractivity contribution in [3.05, 3.63) is 35.4 Å². The molecule has 1 aromatic carbocycles. The summed E-state index contributed by atoms with van der Waals surface area (Å²) in [6, 6.07) is 7.06. The Kier molecular flexibility index (Phi) is 3.22. The van der Waals surface area contributed by atoms with Crippen molar-refractivity contribution in [2.24, 2.45) is 0 Å². The van der Waals surface area contributed by atoms with Crippen molar-refractivity contribution in [2.75, 3.05) is 7.11 Å². The number of aliphatic hydroxyl groups excluding tert-OH is 2. The van der Waals surface area contributed by atoms with Crippen LogP contribution in [0, 0.1) is 0 Å². The topological polar surface area (TPSA) is 49.7 Å². The number of hydrogen-bond acceptors (Lipinski definition) is 3. The van der Waals surface area contributed by atoms with Gasteiger partial charge >= 0.3 is 0 Å². The average molecular weight is 168 g/mol. The van der Waals surface area contributed by atoms with Crippen molar-refractivity contribution in [3.63, 3.8) is 0 Å². The Labute approximate surface area is 71.2 Å². The molecule has 0 amide bonds. The highest BCUT2D eigenvalue weighted by Gasteiger charge is 2.08. The molecule has 12 heavy (non-hydrogen) atoms. The molecule has 3 heteroatoms. The molecule has 0 radical (unpaired) electrons. The van der Waals surface area contributed by atoms with Crippen LogP contribution in [0.2, 0.25) is 0 Å². The molecule has 0 heterocycles. The average Bonchev–Trinajstić information content (AvgIpc) is 2.16. The van der Waals surface area contributed by atoms with E-state index in [9.17, 15) is 5.11 Å². The third-order valence-corrected chi connectivity index (χ3v) is 1.71. The summed E-state index contributed by atoms with van der Waals surface area (Å²) >= 11 is 0. The smallest absolute Gasteiger partial charge is 0.181 e. The molecular weight excluding hydrogens is 156 g/mol. The minimum absolute atomic E-state index is 0.0867. The quantitative estimate of drug-likeness (QED) is 0.657. The Bertz CT molecular complexity index is 247. The molecule has 1 rings (SSSR count). The fraction of sp³-hybridized carbons (Fsp3) is 0.333. The van der Waals surface area contributed by atoms with Crippen LogP contribution in [0.25, 0.3) is 0 Å². The third-order valence-electron chi connectivity index (χ3n) is 1.71. The van der Waals surface area contributed by atoms with Gasteiger partial charge in [-0.25, -0.2) is 0 Å². The number of methoxy groups -OCH3 is 1. The highest BCUT2D eigenvalue weighted by Crippen LogP contribution is 2.17. The lowest BCUT2D eigenvalue weighted by molar-refractivity contribution is -0.0779. The first-order valence-electron chi connectivity index (χ1n) is 3.69. The van der Waals surface area contributed by atoms with Gasteiger partial charge in [0.25, 0.3) is 0 Å². The van der Waals surface area contributed by atoms with E-state index in [1.165, 1.54) is 7.11 Å². The van der Waals surface area contributed by atoms with E-state index in [1.54, 1.807) is 24.3 Å². The van der Waals surface area contributed by atoms with Crippen LogP contribution in [0.3, 0.4) is 0 Å². The van der Waals surface area contributed by atoms with Crippen molar-refractivity contribution in [1.82, 2.24) is 0 Å². The number of hydrogen-bond donors (Lipinski definition) is 2. The summed E-state index contributed by atoms with van der Waals surface area (Å²) < 4.78 is 4.72. The molecule has 0 aromatic heterocycles. The van der Waals surface area contributed by atoms with Gasteiger partial charge in [0.05, 0.1) is 6.61 Å². The molecule has 0 aliphatic heterocycles. The molecule has 2 N–H and O–H groups in total. The van der Waals surface area contributed by atoms with E-state index in [4.69, 9.17) is 9.84 Å². The van der Waals surface area contributed by atoms with Gasteiger partial charge in [-0.1, -0.05) is 24.3 Å². The summed E-state index contributed by atoms with van der Waals surface area (Å²) in [6.45, 7) is -0.0867. The lowest BCUT2D eigenvalue weighted by Gasteiger charge is -2.11. The Morgan fingerprint density at radius 3 is 2.67 bits per heavy atom. The molecule has 3 nitrogen and oxygen atoms in total. The molecule has 0 fully saturated rings. The fourth-order valence-electron chi connectivity index (χ4n) is 1.05. The molecule has 0 bridgehead atoms. The maximum Gasteiger partial charge on any atom is 0.181 e. The van der Waals surface area contributed by atoms with Crippen molar-refractivity contribution < 1.29 is 14.9 Å². The lowest BCUT2D eigenvalue weighted by Crippen LogP contribution is -2.03. The zero-order valence-electron chi connectivity index (χ0n) is 6.90. The highest BCUT2D eigenvalue weighted by atomic mass is 16.6. The largest absolute Gasteiger partial charge is 0.392 e. The molecule has 0 saturated carbocycles. The molecule has 1 unspecified atom stereocenters. The van der Waals surface area contributed by atoms with E-state index >= 15 is 0 Å². The standard InChI is InChI=1S/C9H12O3/c1-12-9(11)8-5-3-2-4-7(8)6-10/h2-5,9-11H,6H2,1H3. The van der Waals surface area contributed by atoms with Crippen LogP contribution in [-0.4, -0.2) is 17.3 Å². The number of ether oxygens (including phenoxy) is 1. The van der Waals surface area contributed by atoms with Crippen LogP contribution in [0.15, 0.2) is 24.3 Å². The summed E-state index contributed by atoms with van der Waals surface area (Å²) in [5.74, 6) is 0. The molecule has 1 atom stereocenters. The van der Waals surface area contributed by atoms with Gasteiger partial charge in [-0.3, -0.25) is 0 Å². The van der Waals surface area contributed by atoms with Crippen molar-refractivity contribution in [1.29, 1.82) is 0 Å². The molecular formula is C9H12O3. The maximum atomic E-state index is 9.31. The van der Waals surface area contributed by atoms with Crippen LogP contribution >= 0.6 is 0 Å². The van der Waals surface area contributed by atoms with Gasteiger partial charge in [-0.15, -0.1) is 0 Å². The zero-order chi connectivity index (χ0) is 8.97. The first-order chi connectivity index (χ1) is 5.79. The SMILES string of the molecule is COC(O)c1ccccc1CO. The summed E-state index contributed by atoms with van der Waals surface area (Å²) in [5.41, 5.74) is 1.30. The first-order valence-corrected chi connectivity index (χ1v) is 3.69. The normalized spacial score (nSPS) is 12.9. The number of aliphatic hydroxyl groups is 2. The molecule has 0 saturated heterocycles.